The van der Waals surface area contributed by atoms with Crippen molar-refractivity contribution >= 4 is 17.9 Å². The number of ether oxygens (including phenoxy) is 5. The number of hydrogen-bond donors (Lipinski definition) is 1. The van der Waals surface area contributed by atoms with Crippen LogP contribution in [0.1, 0.15) is 67.2 Å². The SMILES string of the molecule is CC(=O)O[C@@H]1[C@H]([C@@H](OC(C)=O)C(C)(C)O)OC2(CCCC2)O[C@@H]1[C@H](C)OC(C)=O. The summed E-state index contributed by atoms with van der Waals surface area (Å²) in [6.07, 6.45) is -1.96. The summed E-state index contributed by atoms with van der Waals surface area (Å²) < 4.78 is 28.7. The number of rotatable bonds is 6. The summed E-state index contributed by atoms with van der Waals surface area (Å²) >= 11 is 0. The Morgan fingerprint density at radius 1 is 0.966 bits per heavy atom. The molecule has 0 aromatic rings. The molecular weight excluding hydrogens is 384 g/mol. The number of carbonyl (C=O) groups is 3. The highest BCUT2D eigenvalue weighted by Gasteiger charge is 2.58. The molecule has 1 aliphatic heterocycles. The first-order valence-electron chi connectivity index (χ1n) is 9.94. The Labute approximate surface area is 171 Å². The second-order valence-electron chi connectivity index (χ2n) is 8.36. The lowest BCUT2D eigenvalue weighted by Gasteiger charge is -2.51. The molecule has 29 heavy (non-hydrogen) atoms. The van der Waals surface area contributed by atoms with Crippen LogP contribution in [-0.2, 0) is 38.1 Å². The van der Waals surface area contributed by atoms with Gasteiger partial charge >= 0.3 is 17.9 Å². The Hall–Kier alpha value is -1.71. The first-order chi connectivity index (χ1) is 13.3. The molecule has 0 amide bonds. The minimum atomic E-state index is -1.50. The third-order valence-corrected chi connectivity index (χ3v) is 5.12. The van der Waals surface area contributed by atoms with Gasteiger partial charge in [-0.1, -0.05) is 0 Å². The standard InChI is InChI=1S/C20H32O9/c1-11(25-12(2)21)15-16(26-13(3)22)17(18(19(5,6)24)27-14(4)23)29-20(28-15)9-7-8-10-20/h11,15-18,24H,7-10H2,1-6H3/t11-,15+,16-,17+,18+/m0/s1. The van der Waals surface area contributed by atoms with E-state index in [0.717, 1.165) is 12.8 Å². The van der Waals surface area contributed by atoms with Crippen LogP contribution in [0.3, 0.4) is 0 Å². The number of hydrogen-bond acceptors (Lipinski definition) is 9. The molecule has 2 rings (SSSR count). The molecule has 0 aromatic carbocycles. The first-order valence-corrected chi connectivity index (χ1v) is 9.94. The number of carbonyl (C=O) groups excluding carboxylic acids is 3. The first kappa shape index (κ1) is 23.6. The smallest absolute Gasteiger partial charge is 0.303 e. The Morgan fingerprint density at radius 3 is 1.93 bits per heavy atom. The average Bonchev–Trinajstić information content (AvgIpc) is 3.00. The van der Waals surface area contributed by atoms with Crippen molar-refractivity contribution < 1.29 is 43.2 Å². The molecule has 1 spiro atoms. The van der Waals surface area contributed by atoms with E-state index in [4.69, 9.17) is 23.7 Å². The van der Waals surface area contributed by atoms with Crippen LogP contribution in [0.25, 0.3) is 0 Å². The van der Waals surface area contributed by atoms with Gasteiger partial charge in [0.2, 0.25) is 0 Å². The monoisotopic (exact) mass is 416 g/mol. The minimum Gasteiger partial charge on any atom is -0.460 e. The summed E-state index contributed by atoms with van der Waals surface area (Å²) in [7, 11) is 0. The van der Waals surface area contributed by atoms with Crippen molar-refractivity contribution in [2.24, 2.45) is 0 Å². The molecule has 1 saturated carbocycles. The van der Waals surface area contributed by atoms with E-state index in [9.17, 15) is 19.5 Å². The minimum absolute atomic E-state index is 0.509. The van der Waals surface area contributed by atoms with E-state index in [0.29, 0.717) is 12.8 Å². The molecule has 0 bridgehead atoms. The Kier molecular flexibility index (Phi) is 7.29. The highest BCUT2D eigenvalue weighted by Crippen LogP contribution is 2.44. The van der Waals surface area contributed by atoms with Crippen LogP contribution in [0.15, 0.2) is 0 Å². The van der Waals surface area contributed by atoms with Gasteiger partial charge in [-0.25, -0.2) is 0 Å². The summed E-state index contributed by atoms with van der Waals surface area (Å²) in [6, 6.07) is 0. The molecule has 0 radical (unpaired) electrons. The van der Waals surface area contributed by atoms with Crippen LogP contribution >= 0.6 is 0 Å². The molecule has 1 heterocycles. The highest BCUT2D eigenvalue weighted by atomic mass is 16.8. The van der Waals surface area contributed by atoms with Gasteiger partial charge in [-0.05, 0) is 33.6 Å². The van der Waals surface area contributed by atoms with E-state index in [2.05, 4.69) is 0 Å². The van der Waals surface area contributed by atoms with Crippen molar-refractivity contribution in [3.63, 3.8) is 0 Å². The molecule has 1 saturated heterocycles. The second-order valence-corrected chi connectivity index (χ2v) is 8.36. The van der Waals surface area contributed by atoms with Crippen molar-refractivity contribution in [3.8, 4) is 0 Å². The van der Waals surface area contributed by atoms with Crippen molar-refractivity contribution in [2.45, 2.75) is 109 Å². The summed E-state index contributed by atoms with van der Waals surface area (Å²) in [5.74, 6) is -2.72. The lowest BCUT2D eigenvalue weighted by Crippen LogP contribution is -2.66. The van der Waals surface area contributed by atoms with Crippen molar-refractivity contribution in [1.29, 1.82) is 0 Å². The number of aliphatic hydroxyl groups is 1. The Morgan fingerprint density at radius 2 is 1.48 bits per heavy atom. The summed E-state index contributed by atoms with van der Waals surface area (Å²) in [5, 5.41) is 10.7. The zero-order valence-corrected chi connectivity index (χ0v) is 17.9. The third kappa shape index (κ3) is 5.90. The van der Waals surface area contributed by atoms with Gasteiger partial charge in [-0.15, -0.1) is 0 Å². The molecule has 2 aliphatic rings. The lowest BCUT2D eigenvalue weighted by atomic mass is 9.88. The van der Waals surface area contributed by atoms with E-state index >= 15 is 0 Å². The van der Waals surface area contributed by atoms with E-state index in [-0.39, 0.29) is 0 Å². The van der Waals surface area contributed by atoms with Gasteiger partial charge in [-0.2, -0.15) is 0 Å². The fraction of sp³-hybridized carbons (Fsp3) is 0.850. The van der Waals surface area contributed by atoms with Crippen LogP contribution < -0.4 is 0 Å². The van der Waals surface area contributed by atoms with Gasteiger partial charge in [0.1, 0.15) is 18.3 Å². The van der Waals surface area contributed by atoms with Gasteiger partial charge in [0, 0.05) is 33.6 Å². The molecule has 166 valence electrons. The topological polar surface area (TPSA) is 118 Å². The van der Waals surface area contributed by atoms with Gasteiger partial charge in [0.15, 0.2) is 18.0 Å². The van der Waals surface area contributed by atoms with Gasteiger partial charge < -0.3 is 28.8 Å². The summed E-state index contributed by atoms with van der Waals surface area (Å²) in [4.78, 5) is 35.1. The van der Waals surface area contributed by atoms with Crippen LogP contribution in [-0.4, -0.2) is 64.9 Å². The molecule has 1 N–H and O–H groups in total. The van der Waals surface area contributed by atoms with Gasteiger partial charge in [0.25, 0.3) is 0 Å². The van der Waals surface area contributed by atoms with E-state index in [1.54, 1.807) is 6.92 Å². The molecule has 5 atom stereocenters. The van der Waals surface area contributed by atoms with Crippen molar-refractivity contribution in [1.82, 2.24) is 0 Å². The predicted molar refractivity (Wildman–Crippen MR) is 99.6 cm³/mol. The molecule has 0 unspecified atom stereocenters. The molecule has 1 aliphatic carbocycles. The Balaban J connectivity index is 2.49. The lowest BCUT2D eigenvalue weighted by molar-refractivity contribution is -0.373. The van der Waals surface area contributed by atoms with Gasteiger partial charge in [-0.3, -0.25) is 14.4 Å². The largest absolute Gasteiger partial charge is 0.460 e. The maximum atomic E-state index is 11.8. The molecule has 9 nitrogen and oxygen atoms in total. The Bertz CT molecular complexity index is 618. The molecule has 9 heteroatoms. The average molecular weight is 416 g/mol. The molecule has 2 fully saturated rings. The maximum Gasteiger partial charge on any atom is 0.303 e. The van der Waals surface area contributed by atoms with E-state index in [1.807, 2.05) is 0 Å². The zero-order chi connectivity index (χ0) is 22.0. The predicted octanol–water partition coefficient (Wildman–Crippen LogP) is 1.63. The third-order valence-electron chi connectivity index (χ3n) is 5.12. The van der Waals surface area contributed by atoms with E-state index in [1.165, 1.54) is 34.6 Å². The fourth-order valence-electron chi connectivity index (χ4n) is 4.04. The highest BCUT2D eigenvalue weighted by molar-refractivity contribution is 5.67. The van der Waals surface area contributed by atoms with Crippen LogP contribution in [0, 0.1) is 0 Å². The number of esters is 3. The van der Waals surface area contributed by atoms with Crippen LogP contribution in [0.4, 0.5) is 0 Å². The molecular formula is C20H32O9. The van der Waals surface area contributed by atoms with Crippen LogP contribution in [0.5, 0.6) is 0 Å². The molecule has 0 aromatic heterocycles. The summed E-state index contributed by atoms with van der Waals surface area (Å²) in [6.45, 7) is 8.33. The summed E-state index contributed by atoms with van der Waals surface area (Å²) in [5.41, 5.74) is -1.50. The fourth-order valence-corrected chi connectivity index (χ4v) is 4.04. The maximum absolute atomic E-state index is 11.8. The van der Waals surface area contributed by atoms with Crippen molar-refractivity contribution in [2.75, 3.05) is 0 Å². The quantitative estimate of drug-likeness (QED) is 0.509. The van der Waals surface area contributed by atoms with Gasteiger partial charge in [0.05, 0.1) is 5.60 Å². The van der Waals surface area contributed by atoms with Crippen LogP contribution in [0.2, 0.25) is 0 Å². The zero-order valence-electron chi connectivity index (χ0n) is 17.9. The normalized spacial score (nSPS) is 28.4. The van der Waals surface area contributed by atoms with E-state index < -0.39 is 59.8 Å². The van der Waals surface area contributed by atoms with Crippen molar-refractivity contribution in [3.05, 3.63) is 0 Å². The second kappa shape index (κ2) is 8.97.